The van der Waals surface area contributed by atoms with Crippen molar-refractivity contribution in [1.82, 2.24) is 0 Å². The molecule has 27 heavy (non-hydrogen) atoms. The summed E-state index contributed by atoms with van der Waals surface area (Å²) in [6.45, 7) is 0.446. The van der Waals surface area contributed by atoms with Crippen molar-refractivity contribution in [3.05, 3.63) is 47.5 Å². The van der Waals surface area contributed by atoms with Gasteiger partial charge in [-0.25, -0.2) is 0 Å². The van der Waals surface area contributed by atoms with Crippen molar-refractivity contribution >= 4 is 5.78 Å². The van der Waals surface area contributed by atoms with Crippen LogP contribution in [0.1, 0.15) is 22.0 Å². The lowest BCUT2D eigenvalue weighted by atomic mass is 9.83. The highest BCUT2D eigenvalue weighted by atomic mass is 16.7. The molecule has 3 atom stereocenters. The molecule has 140 valence electrons. The summed E-state index contributed by atoms with van der Waals surface area (Å²) in [7, 11) is 0. The van der Waals surface area contributed by atoms with E-state index < -0.39 is 5.92 Å². The van der Waals surface area contributed by atoms with E-state index in [-0.39, 0.29) is 44.6 Å². The number of aliphatic hydroxyl groups excluding tert-OH is 1. The lowest BCUT2D eigenvalue weighted by Crippen LogP contribution is -2.26. The van der Waals surface area contributed by atoms with Crippen LogP contribution in [0.2, 0.25) is 0 Å². The van der Waals surface area contributed by atoms with E-state index in [0.29, 0.717) is 28.6 Å². The van der Waals surface area contributed by atoms with Gasteiger partial charge in [0.2, 0.25) is 13.6 Å². The average Bonchev–Trinajstić information content (AvgIpc) is 3.44. The molecule has 7 nitrogen and oxygen atoms in total. The van der Waals surface area contributed by atoms with Gasteiger partial charge in [-0.3, -0.25) is 4.79 Å². The predicted octanol–water partition coefficient (Wildman–Crippen LogP) is 2.32. The van der Waals surface area contributed by atoms with E-state index in [9.17, 15) is 9.90 Å². The standard InChI is InChI=1S/C20H18O7/c21-7-13-14(19(22)11-1-3-15-17(5-11)26-9-24-15)8-23-20(13)12-2-4-16-18(6-12)27-10-25-16/h1-6,13-14,20-21H,7-10H2. The maximum atomic E-state index is 13.0. The Labute approximate surface area is 155 Å². The van der Waals surface area contributed by atoms with Gasteiger partial charge < -0.3 is 28.8 Å². The van der Waals surface area contributed by atoms with Crippen LogP contribution in [-0.2, 0) is 4.74 Å². The van der Waals surface area contributed by atoms with E-state index in [1.807, 2.05) is 18.2 Å². The second kappa shape index (κ2) is 6.44. The first-order chi connectivity index (χ1) is 13.2. The molecule has 0 radical (unpaired) electrons. The van der Waals surface area contributed by atoms with Crippen LogP contribution in [0.3, 0.4) is 0 Å². The zero-order valence-electron chi connectivity index (χ0n) is 14.4. The summed E-state index contributed by atoms with van der Waals surface area (Å²) in [5, 5.41) is 9.98. The summed E-state index contributed by atoms with van der Waals surface area (Å²) in [5.41, 5.74) is 1.39. The molecule has 1 fully saturated rings. The van der Waals surface area contributed by atoms with Gasteiger partial charge in [0.05, 0.1) is 18.6 Å². The monoisotopic (exact) mass is 370 g/mol. The van der Waals surface area contributed by atoms with Crippen molar-refractivity contribution in [2.75, 3.05) is 26.8 Å². The lowest BCUT2D eigenvalue weighted by Gasteiger charge is -2.20. The van der Waals surface area contributed by atoms with Gasteiger partial charge in [-0.1, -0.05) is 6.07 Å². The number of ether oxygens (including phenoxy) is 5. The summed E-state index contributed by atoms with van der Waals surface area (Å²) < 4.78 is 27.3. The third kappa shape index (κ3) is 2.70. The number of benzene rings is 2. The molecule has 3 heterocycles. The Morgan fingerprint density at radius 3 is 2.33 bits per heavy atom. The molecular formula is C20H18O7. The third-order valence-electron chi connectivity index (χ3n) is 5.29. The number of hydrogen-bond donors (Lipinski definition) is 1. The number of rotatable bonds is 4. The summed E-state index contributed by atoms with van der Waals surface area (Å²) in [6.07, 6.45) is -0.382. The zero-order chi connectivity index (χ0) is 18.4. The maximum Gasteiger partial charge on any atom is 0.231 e. The largest absolute Gasteiger partial charge is 0.454 e. The topological polar surface area (TPSA) is 83.5 Å². The summed E-state index contributed by atoms with van der Waals surface area (Å²) in [6, 6.07) is 10.7. The molecule has 0 saturated carbocycles. The van der Waals surface area contributed by atoms with E-state index in [4.69, 9.17) is 23.7 Å². The van der Waals surface area contributed by atoms with Gasteiger partial charge in [0.1, 0.15) is 0 Å². The molecule has 3 aliphatic heterocycles. The normalized spacial score (nSPS) is 25.0. The van der Waals surface area contributed by atoms with Crippen LogP contribution in [-0.4, -0.2) is 37.7 Å². The van der Waals surface area contributed by atoms with Crippen molar-refractivity contribution in [3.63, 3.8) is 0 Å². The van der Waals surface area contributed by atoms with Gasteiger partial charge >= 0.3 is 0 Å². The Kier molecular flexibility index (Phi) is 3.91. The molecule has 0 aliphatic carbocycles. The van der Waals surface area contributed by atoms with E-state index in [1.54, 1.807) is 18.2 Å². The Balaban J connectivity index is 1.40. The van der Waals surface area contributed by atoms with Crippen LogP contribution in [0.4, 0.5) is 0 Å². The molecule has 1 saturated heterocycles. The summed E-state index contributed by atoms with van der Waals surface area (Å²) in [5.74, 6) is 1.67. The van der Waals surface area contributed by atoms with E-state index in [1.165, 1.54) is 0 Å². The highest BCUT2D eigenvalue weighted by Gasteiger charge is 2.42. The smallest absolute Gasteiger partial charge is 0.231 e. The minimum atomic E-state index is -0.439. The number of aliphatic hydroxyl groups is 1. The average molecular weight is 370 g/mol. The third-order valence-corrected chi connectivity index (χ3v) is 5.29. The van der Waals surface area contributed by atoms with Crippen molar-refractivity contribution < 1.29 is 33.6 Å². The van der Waals surface area contributed by atoms with E-state index in [0.717, 1.165) is 5.56 Å². The van der Waals surface area contributed by atoms with Gasteiger partial charge in [-0.05, 0) is 35.9 Å². The summed E-state index contributed by atoms with van der Waals surface area (Å²) >= 11 is 0. The molecule has 7 heteroatoms. The SMILES string of the molecule is O=C(c1ccc2c(c1)OCO2)C1COC(c2ccc3c(c2)OCO3)C1CO. The van der Waals surface area contributed by atoms with Crippen LogP contribution in [0.15, 0.2) is 36.4 Å². The van der Waals surface area contributed by atoms with Crippen molar-refractivity contribution in [1.29, 1.82) is 0 Å². The molecule has 3 aliphatic rings. The molecule has 1 N–H and O–H groups in total. The van der Waals surface area contributed by atoms with Gasteiger partial charge in [0.25, 0.3) is 0 Å². The van der Waals surface area contributed by atoms with Crippen molar-refractivity contribution in [2.24, 2.45) is 11.8 Å². The van der Waals surface area contributed by atoms with Crippen LogP contribution < -0.4 is 18.9 Å². The summed E-state index contributed by atoms with van der Waals surface area (Å²) in [4.78, 5) is 13.0. The molecule has 2 aromatic carbocycles. The number of carbonyl (C=O) groups excluding carboxylic acids is 1. The number of carbonyl (C=O) groups is 1. The first-order valence-corrected chi connectivity index (χ1v) is 8.80. The first kappa shape index (κ1) is 16.4. The number of Topliss-reactive ketones (excluding diaryl/α,β-unsaturated/α-hetero) is 1. The highest BCUT2D eigenvalue weighted by molar-refractivity contribution is 5.99. The van der Waals surface area contributed by atoms with Gasteiger partial charge in [0.15, 0.2) is 28.8 Å². The van der Waals surface area contributed by atoms with Gasteiger partial charge in [-0.15, -0.1) is 0 Å². The van der Waals surface area contributed by atoms with E-state index in [2.05, 4.69) is 0 Å². The number of ketones is 1. The van der Waals surface area contributed by atoms with Gasteiger partial charge in [-0.2, -0.15) is 0 Å². The minimum Gasteiger partial charge on any atom is -0.454 e. The maximum absolute atomic E-state index is 13.0. The van der Waals surface area contributed by atoms with Crippen LogP contribution in [0, 0.1) is 11.8 Å². The molecule has 0 aromatic heterocycles. The molecule has 0 bridgehead atoms. The molecule has 0 amide bonds. The fourth-order valence-electron chi connectivity index (χ4n) is 3.86. The van der Waals surface area contributed by atoms with Crippen molar-refractivity contribution in [3.8, 4) is 23.0 Å². The molecule has 2 aromatic rings. The number of fused-ring (bicyclic) bond motifs is 2. The van der Waals surface area contributed by atoms with Crippen LogP contribution in [0.25, 0.3) is 0 Å². The van der Waals surface area contributed by atoms with E-state index >= 15 is 0 Å². The quantitative estimate of drug-likeness (QED) is 0.827. The second-order valence-corrected chi connectivity index (χ2v) is 6.75. The van der Waals surface area contributed by atoms with Crippen molar-refractivity contribution in [2.45, 2.75) is 6.10 Å². The second-order valence-electron chi connectivity index (χ2n) is 6.75. The minimum absolute atomic E-state index is 0.0735. The Morgan fingerprint density at radius 1 is 0.926 bits per heavy atom. The van der Waals surface area contributed by atoms with Crippen LogP contribution >= 0.6 is 0 Å². The fraction of sp³-hybridized carbons (Fsp3) is 0.350. The predicted molar refractivity (Wildman–Crippen MR) is 92.2 cm³/mol. The number of hydrogen-bond acceptors (Lipinski definition) is 7. The lowest BCUT2D eigenvalue weighted by molar-refractivity contribution is 0.0713. The molecule has 5 rings (SSSR count). The Morgan fingerprint density at radius 2 is 1.59 bits per heavy atom. The zero-order valence-corrected chi connectivity index (χ0v) is 14.4. The fourth-order valence-corrected chi connectivity index (χ4v) is 3.86. The molecule has 3 unspecified atom stereocenters. The van der Waals surface area contributed by atoms with Crippen LogP contribution in [0.5, 0.6) is 23.0 Å². The highest BCUT2D eigenvalue weighted by Crippen LogP contribution is 2.43. The Hall–Kier alpha value is -2.77. The molecule has 0 spiro atoms. The molecular weight excluding hydrogens is 352 g/mol. The Bertz CT molecular complexity index is 894. The van der Waals surface area contributed by atoms with Gasteiger partial charge in [0, 0.05) is 18.1 Å². The first-order valence-electron chi connectivity index (χ1n) is 8.80.